The second-order valence-corrected chi connectivity index (χ2v) is 7.93. The zero-order chi connectivity index (χ0) is 23.8. The molecule has 3 aromatic carbocycles. The zero-order valence-electron chi connectivity index (χ0n) is 17.7. The van der Waals surface area contributed by atoms with E-state index in [1.54, 1.807) is 60.7 Å². The van der Waals surface area contributed by atoms with Crippen LogP contribution in [-0.4, -0.2) is 23.1 Å². The number of nitrogens with zero attached hydrogens (tertiary/aromatic N) is 1. The van der Waals surface area contributed by atoms with Crippen molar-refractivity contribution in [2.45, 2.75) is 11.8 Å². The minimum Gasteiger partial charge on any atom is -0.465 e. The Bertz CT molecular complexity index is 1340. The first kappa shape index (κ1) is 23.3. The summed E-state index contributed by atoms with van der Waals surface area (Å²) in [6.07, 6.45) is 0. The maximum Gasteiger partial charge on any atom is 0.337 e. The topological polar surface area (TPSA) is 86.5 Å². The molecule has 0 unspecified atom stereocenters. The highest BCUT2D eigenvalue weighted by atomic mass is 32.2. The van der Waals surface area contributed by atoms with Crippen LogP contribution < -0.4 is 0 Å². The van der Waals surface area contributed by atoms with E-state index in [4.69, 9.17) is 0 Å². The van der Waals surface area contributed by atoms with Crippen LogP contribution in [0.1, 0.15) is 39.5 Å². The molecular formula is C26H17NO5S. The normalized spacial score (nSPS) is 9.64. The van der Waals surface area contributed by atoms with Gasteiger partial charge in [0.15, 0.2) is 5.12 Å². The second kappa shape index (κ2) is 10.8. The Morgan fingerprint density at radius 3 is 1.97 bits per heavy atom. The minimum atomic E-state index is -0.493. The summed E-state index contributed by atoms with van der Waals surface area (Å²) in [6, 6.07) is 18.2. The molecule has 0 radical (unpaired) electrons. The molecule has 3 aromatic rings. The lowest BCUT2D eigenvalue weighted by Gasteiger charge is -1.99. The first-order valence-electron chi connectivity index (χ1n) is 9.65. The highest BCUT2D eigenvalue weighted by Crippen LogP contribution is 2.21. The van der Waals surface area contributed by atoms with Crippen LogP contribution in [0.25, 0.3) is 0 Å². The summed E-state index contributed by atoms with van der Waals surface area (Å²) in [5.74, 6) is 11.1. The number of esters is 1. The Hall–Kier alpha value is -4.33. The van der Waals surface area contributed by atoms with Crippen LogP contribution in [-0.2, 0) is 9.53 Å². The van der Waals surface area contributed by atoms with Gasteiger partial charge in [0, 0.05) is 34.6 Å². The van der Waals surface area contributed by atoms with E-state index in [0.29, 0.717) is 22.3 Å². The van der Waals surface area contributed by atoms with Gasteiger partial charge in [-0.1, -0.05) is 35.4 Å². The predicted molar refractivity (Wildman–Crippen MR) is 126 cm³/mol. The van der Waals surface area contributed by atoms with Crippen molar-refractivity contribution in [3.8, 4) is 23.7 Å². The maximum absolute atomic E-state index is 11.5. The number of hydrogen-bond acceptors (Lipinski definition) is 6. The van der Waals surface area contributed by atoms with Crippen molar-refractivity contribution < 1.29 is 19.2 Å². The average Bonchev–Trinajstić information content (AvgIpc) is 2.82. The van der Waals surface area contributed by atoms with Crippen LogP contribution in [0.4, 0.5) is 5.69 Å². The number of carbonyl (C=O) groups is 2. The lowest BCUT2D eigenvalue weighted by Crippen LogP contribution is -2.00. The van der Waals surface area contributed by atoms with Crippen molar-refractivity contribution in [1.82, 2.24) is 0 Å². The first-order chi connectivity index (χ1) is 15.9. The molecule has 33 heavy (non-hydrogen) atoms. The molecule has 0 aliphatic rings. The zero-order valence-corrected chi connectivity index (χ0v) is 18.6. The van der Waals surface area contributed by atoms with Crippen molar-refractivity contribution in [1.29, 1.82) is 0 Å². The van der Waals surface area contributed by atoms with Crippen molar-refractivity contribution >= 4 is 28.5 Å². The van der Waals surface area contributed by atoms with E-state index in [-0.39, 0.29) is 16.4 Å². The van der Waals surface area contributed by atoms with Gasteiger partial charge in [0.1, 0.15) is 5.56 Å². The molecule has 0 aromatic heterocycles. The summed E-state index contributed by atoms with van der Waals surface area (Å²) in [5.41, 5.74) is 2.34. The highest BCUT2D eigenvalue weighted by molar-refractivity contribution is 8.13. The number of rotatable bonds is 3. The van der Waals surface area contributed by atoms with Crippen LogP contribution >= 0.6 is 11.8 Å². The third-order valence-corrected chi connectivity index (χ3v) is 5.10. The molecule has 0 aliphatic heterocycles. The molecule has 0 amide bonds. The molecule has 162 valence electrons. The second-order valence-electron chi connectivity index (χ2n) is 6.68. The number of carbonyl (C=O) groups excluding carboxylic acids is 2. The van der Waals surface area contributed by atoms with Gasteiger partial charge in [-0.15, -0.1) is 0 Å². The molecular weight excluding hydrogens is 438 g/mol. The van der Waals surface area contributed by atoms with Crippen LogP contribution in [0.15, 0.2) is 71.6 Å². The van der Waals surface area contributed by atoms with Gasteiger partial charge in [0.05, 0.1) is 17.6 Å². The number of methoxy groups -OCH3 is 1. The number of hydrogen-bond donors (Lipinski definition) is 0. The SMILES string of the molecule is COC(=O)c1ccc(C#Cc2ccc(C#Cc3ccc(SC(C)=O)cc3)c([N+](=O)[O-])c2)cc1. The standard InChI is InChI=1S/C26H17NO5S/c1-18(28)33-24-15-9-20(10-16-24)5-11-22-12-8-21(17-25(22)27(30)31)4-3-19-6-13-23(14-7-19)26(29)32-2/h6-10,12-17H,1-2H3. The summed E-state index contributed by atoms with van der Waals surface area (Å²) >= 11 is 1.13. The van der Waals surface area contributed by atoms with Gasteiger partial charge < -0.3 is 4.74 Å². The largest absolute Gasteiger partial charge is 0.465 e. The van der Waals surface area contributed by atoms with Crippen LogP contribution in [0.5, 0.6) is 0 Å². The molecule has 7 heteroatoms. The highest BCUT2D eigenvalue weighted by Gasteiger charge is 2.12. The molecule has 0 heterocycles. The Kier molecular flexibility index (Phi) is 7.64. The molecule has 6 nitrogen and oxygen atoms in total. The van der Waals surface area contributed by atoms with Crippen molar-refractivity contribution in [2.24, 2.45) is 0 Å². The molecule has 0 saturated carbocycles. The summed E-state index contributed by atoms with van der Waals surface area (Å²) in [4.78, 5) is 34.5. The van der Waals surface area contributed by atoms with Gasteiger partial charge in [0.2, 0.25) is 0 Å². The fraction of sp³-hybridized carbons (Fsp3) is 0.0769. The van der Waals surface area contributed by atoms with Gasteiger partial charge in [-0.05, 0) is 60.7 Å². The lowest BCUT2D eigenvalue weighted by atomic mass is 10.1. The molecule has 0 spiro atoms. The van der Waals surface area contributed by atoms with E-state index in [1.807, 2.05) is 0 Å². The fourth-order valence-electron chi connectivity index (χ4n) is 2.73. The van der Waals surface area contributed by atoms with Crippen LogP contribution in [0, 0.1) is 33.8 Å². The predicted octanol–water partition coefficient (Wildman–Crippen LogP) is 4.82. The molecule has 0 aliphatic carbocycles. The molecule has 3 rings (SSSR count). The lowest BCUT2D eigenvalue weighted by molar-refractivity contribution is -0.385. The van der Waals surface area contributed by atoms with Crippen LogP contribution in [0.2, 0.25) is 0 Å². The minimum absolute atomic E-state index is 0.00847. The maximum atomic E-state index is 11.5. The number of nitro benzene ring substituents is 1. The third kappa shape index (κ3) is 6.57. The number of ether oxygens (including phenoxy) is 1. The summed E-state index contributed by atoms with van der Waals surface area (Å²) in [5, 5.41) is 11.5. The molecule has 0 N–H and O–H groups in total. The number of nitro groups is 1. The van der Waals surface area contributed by atoms with Gasteiger partial charge in [-0.3, -0.25) is 14.9 Å². The summed E-state index contributed by atoms with van der Waals surface area (Å²) < 4.78 is 4.66. The molecule has 0 bridgehead atoms. The van der Waals surface area contributed by atoms with E-state index >= 15 is 0 Å². The fourth-order valence-corrected chi connectivity index (χ4v) is 3.33. The smallest absolute Gasteiger partial charge is 0.337 e. The molecule has 0 atom stereocenters. The van der Waals surface area contributed by atoms with E-state index in [0.717, 1.165) is 16.7 Å². The molecule has 0 saturated heterocycles. The van der Waals surface area contributed by atoms with E-state index in [1.165, 1.54) is 20.1 Å². The summed E-state index contributed by atoms with van der Waals surface area (Å²) in [7, 11) is 1.31. The summed E-state index contributed by atoms with van der Waals surface area (Å²) in [6.45, 7) is 1.49. The van der Waals surface area contributed by atoms with Crippen molar-refractivity contribution in [2.75, 3.05) is 7.11 Å². The van der Waals surface area contributed by atoms with Crippen LogP contribution in [0.3, 0.4) is 0 Å². The Morgan fingerprint density at radius 2 is 1.39 bits per heavy atom. The Balaban J connectivity index is 1.82. The average molecular weight is 455 g/mol. The van der Waals surface area contributed by atoms with E-state index < -0.39 is 10.9 Å². The van der Waals surface area contributed by atoms with Gasteiger partial charge in [-0.25, -0.2) is 4.79 Å². The third-order valence-electron chi connectivity index (χ3n) is 4.31. The Morgan fingerprint density at radius 1 is 0.848 bits per heavy atom. The van der Waals surface area contributed by atoms with Crippen molar-refractivity contribution in [3.63, 3.8) is 0 Å². The monoisotopic (exact) mass is 455 g/mol. The van der Waals surface area contributed by atoms with Gasteiger partial charge in [0.25, 0.3) is 5.69 Å². The Labute approximate surface area is 195 Å². The van der Waals surface area contributed by atoms with E-state index in [2.05, 4.69) is 28.4 Å². The number of thioether (sulfide) groups is 1. The van der Waals surface area contributed by atoms with Crippen molar-refractivity contribution in [3.05, 3.63) is 105 Å². The van der Waals surface area contributed by atoms with Gasteiger partial charge >= 0.3 is 5.97 Å². The number of benzene rings is 3. The van der Waals surface area contributed by atoms with E-state index in [9.17, 15) is 19.7 Å². The quantitative estimate of drug-likeness (QED) is 0.185. The first-order valence-corrected chi connectivity index (χ1v) is 10.5. The van der Waals surface area contributed by atoms with Gasteiger partial charge in [-0.2, -0.15) is 0 Å². The molecule has 0 fully saturated rings.